The lowest BCUT2D eigenvalue weighted by atomic mass is 10.1. The molecule has 1 heterocycles. The Morgan fingerprint density at radius 3 is 2.50 bits per heavy atom. The minimum atomic E-state index is -4.08. The maximum atomic E-state index is 13.7. The van der Waals surface area contributed by atoms with Crippen molar-refractivity contribution in [1.82, 2.24) is 5.43 Å². The molecule has 0 unspecified atom stereocenters. The van der Waals surface area contributed by atoms with E-state index in [1.807, 2.05) is 30.9 Å². The number of nitrogens with zero attached hydrogens (tertiary/aromatic N) is 4. The minimum absolute atomic E-state index is 0.0621. The summed E-state index contributed by atoms with van der Waals surface area (Å²) < 4.78 is 33.9. The third-order valence-electron chi connectivity index (χ3n) is 6.50. The van der Waals surface area contributed by atoms with Crippen molar-refractivity contribution in [3.63, 3.8) is 0 Å². The molecule has 0 atom stereocenters. The SMILES string of the molecule is CCc1ccccc1N(CC(=O)N/N=C/c1cc([N+](=O)[O-])ccc1N1CCOCC1)S(=O)(=O)c1ccc(C)cc1. The standard InChI is InChI=1S/C28H31N5O6S/c1-3-22-6-4-5-7-27(22)32(40(37,38)25-11-8-21(2)9-12-25)20-28(34)30-29-19-23-18-24(33(35)36)10-13-26(23)31-14-16-39-17-15-31/h4-13,18-19H,3,14-17,20H2,1-2H3,(H,30,34)/b29-19+. The van der Waals surface area contributed by atoms with Crippen molar-refractivity contribution in [2.75, 3.05) is 42.1 Å². The predicted molar refractivity (Wildman–Crippen MR) is 153 cm³/mol. The lowest BCUT2D eigenvalue weighted by Gasteiger charge is -2.29. The number of benzene rings is 3. The molecule has 0 bridgehead atoms. The number of carbonyl (C=O) groups is 1. The zero-order valence-corrected chi connectivity index (χ0v) is 23.1. The molecule has 0 aromatic heterocycles. The fourth-order valence-corrected chi connectivity index (χ4v) is 5.84. The number of carbonyl (C=O) groups excluding carboxylic acids is 1. The average molecular weight is 566 g/mol. The number of para-hydroxylation sites is 1. The number of ether oxygens (including phenoxy) is 1. The van der Waals surface area contributed by atoms with Gasteiger partial charge in [0.1, 0.15) is 6.54 Å². The smallest absolute Gasteiger partial charge is 0.270 e. The molecule has 1 aliphatic rings. The van der Waals surface area contributed by atoms with Gasteiger partial charge < -0.3 is 9.64 Å². The van der Waals surface area contributed by atoms with Crippen LogP contribution in [-0.4, -0.2) is 58.3 Å². The number of nitrogens with one attached hydrogen (secondary N) is 1. The Morgan fingerprint density at radius 2 is 1.82 bits per heavy atom. The van der Waals surface area contributed by atoms with Crippen molar-refractivity contribution in [3.05, 3.63) is 93.5 Å². The van der Waals surface area contributed by atoms with Crippen LogP contribution in [0.2, 0.25) is 0 Å². The molecule has 1 fully saturated rings. The lowest BCUT2D eigenvalue weighted by molar-refractivity contribution is -0.384. The highest BCUT2D eigenvalue weighted by atomic mass is 32.2. The molecule has 1 N–H and O–H groups in total. The number of anilines is 2. The van der Waals surface area contributed by atoms with Gasteiger partial charge in [0.2, 0.25) is 0 Å². The van der Waals surface area contributed by atoms with Crippen LogP contribution >= 0.6 is 0 Å². The van der Waals surface area contributed by atoms with Crippen molar-refractivity contribution < 1.29 is 22.9 Å². The fourth-order valence-electron chi connectivity index (χ4n) is 4.38. The molecule has 40 heavy (non-hydrogen) atoms. The van der Waals surface area contributed by atoms with Gasteiger partial charge in [0.25, 0.3) is 21.6 Å². The number of aryl methyl sites for hydroxylation is 2. The van der Waals surface area contributed by atoms with Crippen molar-refractivity contribution in [3.8, 4) is 0 Å². The maximum absolute atomic E-state index is 13.7. The van der Waals surface area contributed by atoms with Crippen LogP contribution < -0.4 is 14.6 Å². The second-order valence-electron chi connectivity index (χ2n) is 9.20. The number of amides is 1. The Balaban J connectivity index is 1.60. The zero-order chi connectivity index (χ0) is 28.7. The molecule has 210 valence electrons. The predicted octanol–water partition coefficient (Wildman–Crippen LogP) is 3.65. The Kier molecular flexibility index (Phi) is 9.12. The summed E-state index contributed by atoms with van der Waals surface area (Å²) in [5, 5.41) is 15.4. The van der Waals surface area contributed by atoms with Gasteiger partial charge in [-0.05, 0) is 43.2 Å². The van der Waals surface area contributed by atoms with Crippen molar-refractivity contribution in [1.29, 1.82) is 0 Å². The number of hydrazone groups is 1. The Hall–Kier alpha value is -4.29. The summed E-state index contributed by atoms with van der Waals surface area (Å²) >= 11 is 0. The number of rotatable bonds is 10. The highest BCUT2D eigenvalue weighted by molar-refractivity contribution is 7.92. The molecule has 0 radical (unpaired) electrons. The number of nitro groups is 1. The Labute approximate surface area is 233 Å². The van der Waals surface area contributed by atoms with E-state index in [4.69, 9.17) is 4.74 Å². The normalized spacial score (nSPS) is 13.8. The van der Waals surface area contributed by atoms with E-state index in [0.29, 0.717) is 49.7 Å². The first-order valence-electron chi connectivity index (χ1n) is 12.8. The summed E-state index contributed by atoms with van der Waals surface area (Å²) in [5.41, 5.74) is 5.51. The number of non-ortho nitro benzene ring substituents is 1. The molecule has 0 spiro atoms. The maximum Gasteiger partial charge on any atom is 0.270 e. The Morgan fingerprint density at radius 1 is 1.12 bits per heavy atom. The molecule has 3 aromatic rings. The first-order chi connectivity index (χ1) is 19.2. The van der Waals surface area contributed by atoms with E-state index >= 15 is 0 Å². The van der Waals surface area contributed by atoms with Gasteiger partial charge in [-0.15, -0.1) is 0 Å². The van der Waals surface area contributed by atoms with Gasteiger partial charge in [0, 0.05) is 36.5 Å². The van der Waals surface area contributed by atoms with Crippen LogP contribution in [0.15, 0.2) is 76.7 Å². The van der Waals surface area contributed by atoms with Crippen molar-refractivity contribution >= 4 is 39.2 Å². The quantitative estimate of drug-likeness (QED) is 0.225. The third kappa shape index (κ3) is 6.64. The lowest BCUT2D eigenvalue weighted by Crippen LogP contribution is -2.40. The molecule has 0 saturated carbocycles. The van der Waals surface area contributed by atoms with E-state index in [9.17, 15) is 23.3 Å². The number of hydrogen-bond acceptors (Lipinski definition) is 8. The molecule has 11 nitrogen and oxygen atoms in total. The Bertz CT molecular complexity index is 1500. The van der Waals surface area contributed by atoms with Crippen LogP contribution in [0.5, 0.6) is 0 Å². The second-order valence-corrected chi connectivity index (χ2v) is 11.1. The molecule has 1 amide bonds. The van der Waals surface area contributed by atoms with Crippen molar-refractivity contribution in [2.24, 2.45) is 5.10 Å². The average Bonchev–Trinajstić information content (AvgIpc) is 2.96. The van der Waals surface area contributed by atoms with Gasteiger partial charge in [0.15, 0.2) is 0 Å². The summed E-state index contributed by atoms with van der Waals surface area (Å²) in [6.45, 7) is 5.50. The number of morpholine rings is 1. The highest BCUT2D eigenvalue weighted by Crippen LogP contribution is 2.28. The molecule has 3 aromatic carbocycles. The van der Waals surface area contributed by atoms with Gasteiger partial charge in [-0.25, -0.2) is 13.8 Å². The number of nitro benzene ring substituents is 1. The number of sulfonamides is 1. The topological polar surface area (TPSA) is 134 Å². The fraction of sp³-hybridized carbons (Fsp3) is 0.286. The molecule has 1 aliphatic heterocycles. The second kappa shape index (κ2) is 12.7. The van der Waals surface area contributed by atoms with Crippen LogP contribution in [0.1, 0.15) is 23.6 Å². The number of hydrogen-bond donors (Lipinski definition) is 1. The minimum Gasteiger partial charge on any atom is -0.378 e. The molecular weight excluding hydrogens is 534 g/mol. The van der Waals surface area contributed by atoms with Gasteiger partial charge >= 0.3 is 0 Å². The highest BCUT2D eigenvalue weighted by Gasteiger charge is 2.28. The van der Waals surface area contributed by atoms with Gasteiger partial charge in [-0.1, -0.05) is 42.8 Å². The zero-order valence-electron chi connectivity index (χ0n) is 22.3. The monoisotopic (exact) mass is 565 g/mol. The first-order valence-corrected chi connectivity index (χ1v) is 14.2. The van der Waals surface area contributed by atoms with Gasteiger partial charge in [-0.3, -0.25) is 19.2 Å². The van der Waals surface area contributed by atoms with E-state index in [1.165, 1.54) is 30.5 Å². The van der Waals surface area contributed by atoms with E-state index in [-0.39, 0.29) is 10.6 Å². The summed E-state index contributed by atoms with van der Waals surface area (Å²) in [6.07, 6.45) is 1.89. The summed E-state index contributed by atoms with van der Waals surface area (Å²) in [4.78, 5) is 26.0. The van der Waals surface area contributed by atoms with E-state index in [1.54, 1.807) is 30.3 Å². The summed E-state index contributed by atoms with van der Waals surface area (Å²) in [7, 11) is -4.08. The molecular formula is C28H31N5O6S. The van der Waals surface area contributed by atoms with Crippen LogP contribution in [0.3, 0.4) is 0 Å². The summed E-state index contributed by atoms with van der Waals surface area (Å²) in [6, 6.07) is 17.9. The van der Waals surface area contributed by atoms with Crippen LogP contribution in [0, 0.1) is 17.0 Å². The molecule has 4 rings (SSSR count). The van der Waals surface area contributed by atoms with E-state index in [0.717, 1.165) is 15.4 Å². The van der Waals surface area contributed by atoms with E-state index < -0.39 is 27.4 Å². The van der Waals surface area contributed by atoms with Gasteiger partial charge in [-0.2, -0.15) is 5.10 Å². The van der Waals surface area contributed by atoms with Crippen LogP contribution in [-0.2, 0) is 26.0 Å². The summed E-state index contributed by atoms with van der Waals surface area (Å²) in [5.74, 6) is -0.670. The molecule has 1 saturated heterocycles. The van der Waals surface area contributed by atoms with Crippen LogP contribution in [0.25, 0.3) is 0 Å². The van der Waals surface area contributed by atoms with Gasteiger partial charge in [0.05, 0.1) is 34.9 Å². The largest absolute Gasteiger partial charge is 0.378 e. The molecule has 12 heteroatoms. The van der Waals surface area contributed by atoms with E-state index in [2.05, 4.69) is 10.5 Å². The molecule has 0 aliphatic carbocycles. The van der Waals surface area contributed by atoms with Crippen LogP contribution in [0.4, 0.5) is 17.1 Å². The van der Waals surface area contributed by atoms with Crippen molar-refractivity contribution in [2.45, 2.75) is 25.2 Å². The third-order valence-corrected chi connectivity index (χ3v) is 8.28. The first kappa shape index (κ1) is 28.7.